The Balaban J connectivity index is 2.57. The maximum Gasteiger partial charge on any atom is 0.370 e. The fourth-order valence-corrected chi connectivity index (χ4v) is 3.15. The van der Waals surface area contributed by atoms with Crippen LogP contribution in [0.1, 0.15) is 47.1 Å². The molecule has 1 amide bonds. The molecule has 0 spiro atoms. The standard InChI is InChI=1S/C21H27N3O7/c1-5-29-20(26)17-14-10-8-13(12-16(25)24(28,23-4)31-7-3)9-11-15(14)18(19(17)22)21(27)30-6-2/h8-11,23H,5-7,12,22H2,1-4H3. The average Bonchev–Trinajstić information content (AvgIpc) is 2.86. The zero-order valence-electron chi connectivity index (χ0n) is 18.0. The number of carbonyl (C=O) groups is 3. The molecule has 168 valence electrons. The van der Waals surface area contributed by atoms with Crippen LogP contribution in [0.3, 0.4) is 0 Å². The third-order valence-electron chi connectivity index (χ3n) is 4.54. The van der Waals surface area contributed by atoms with Crippen LogP contribution in [0.4, 0.5) is 5.69 Å². The minimum Gasteiger partial charge on any atom is -0.570 e. The number of esters is 2. The highest BCUT2D eigenvalue weighted by atomic mass is 17.0. The molecule has 0 fully saturated rings. The number of hydroxylamine groups is 2. The van der Waals surface area contributed by atoms with E-state index >= 15 is 0 Å². The van der Waals surface area contributed by atoms with Crippen molar-refractivity contribution in [1.82, 2.24) is 5.43 Å². The number of hydrogen-bond acceptors (Lipinski definition) is 9. The fraction of sp³-hybridized carbons (Fsp3) is 0.381. The summed E-state index contributed by atoms with van der Waals surface area (Å²) in [6.07, 6.45) is -0.249. The van der Waals surface area contributed by atoms with Crippen molar-refractivity contribution in [3.63, 3.8) is 0 Å². The van der Waals surface area contributed by atoms with E-state index in [4.69, 9.17) is 20.0 Å². The number of nitrogens with two attached hydrogens (primary N) is 1. The summed E-state index contributed by atoms with van der Waals surface area (Å²) in [5.74, 6) is -2.12. The Morgan fingerprint density at radius 1 is 0.935 bits per heavy atom. The van der Waals surface area contributed by atoms with Crippen molar-refractivity contribution >= 4 is 23.5 Å². The van der Waals surface area contributed by atoms with E-state index in [1.807, 2.05) is 0 Å². The van der Waals surface area contributed by atoms with Crippen LogP contribution in [0.5, 0.6) is 0 Å². The molecule has 0 saturated heterocycles. The van der Waals surface area contributed by atoms with Gasteiger partial charge in [0.25, 0.3) is 0 Å². The van der Waals surface area contributed by atoms with Crippen LogP contribution in [-0.4, -0.2) is 49.6 Å². The summed E-state index contributed by atoms with van der Waals surface area (Å²) in [5, 5.41) is 12.4. The minimum atomic E-state index is -1.64. The summed E-state index contributed by atoms with van der Waals surface area (Å²) in [6, 6.07) is 6.26. The van der Waals surface area contributed by atoms with Crippen LogP contribution in [0, 0.1) is 5.21 Å². The summed E-state index contributed by atoms with van der Waals surface area (Å²) in [7, 11) is 1.32. The van der Waals surface area contributed by atoms with Gasteiger partial charge in [-0.1, -0.05) is 29.2 Å². The van der Waals surface area contributed by atoms with Gasteiger partial charge in [-0.2, -0.15) is 4.84 Å². The molecule has 0 bridgehead atoms. The number of carbonyl (C=O) groups excluding carboxylic acids is 3. The third kappa shape index (κ3) is 5.00. The molecule has 1 atom stereocenters. The second-order valence-corrected chi connectivity index (χ2v) is 6.44. The topological polar surface area (TPSA) is 140 Å². The number of amides is 1. The first kappa shape index (κ1) is 24.2. The molecule has 3 N–H and O–H groups in total. The van der Waals surface area contributed by atoms with Crippen LogP contribution >= 0.6 is 0 Å². The normalized spacial score (nSPS) is 12.9. The maximum absolute atomic E-state index is 12.5. The van der Waals surface area contributed by atoms with E-state index < -0.39 is 22.8 Å². The Morgan fingerprint density at radius 3 is 1.81 bits per heavy atom. The van der Waals surface area contributed by atoms with E-state index in [0.29, 0.717) is 16.7 Å². The molecule has 2 rings (SSSR count). The molecular weight excluding hydrogens is 406 g/mol. The first-order chi connectivity index (χ1) is 14.7. The lowest BCUT2D eigenvalue weighted by atomic mass is 10.1. The van der Waals surface area contributed by atoms with Crippen LogP contribution < -0.4 is 11.2 Å². The fourth-order valence-electron chi connectivity index (χ4n) is 3.15. The third-order valence-corrected chi connectivity index (χ3v) is 4.54. The van der Waals surface area contributed by atoms with E-state index in [2.05, 4.69) is 5.43 Å². The Kier molecular flexibility index (Phi) is 8.06. The van der Waals surface area contributed by atoms with Gasteiger partial charge < -0.3 is 20.4 Å². The summed E-state index contributed by atoms with van der Waals surface area (Å²) in [4.78, 5) is 40.8. The van der Waals surface area contributed by atoms with Gasteiger partial charge in [0.15, 0.2) is 0 Å². The highest BCUT2D eigenvalue weighted by Gasteiger charge is 2.32. The molecule has 0 aliphatic heterocycles. The molecule has 0 aromatic rings. The molecular formula is C21H27N3O7. The molecule has 10 heteroatoms. The zero-order chi connectivity index (χ0) is 23.2. The second-order valence-electron chi connectivity index (χ2n) is 6.44. The number of hydrogen-bond donors (Lipinski definition) is 2. The number of ether oxygens (including phenoxy) is 2. The van der Waals surface area contributed by atoms with Gasteiger partial charge in [-0.05, 0) is 37.5 Å². The first-order valence-electron chi connectivity index (χ1n) is 9.89. The van der Waals surface area contributed by atoms with Gasteiger partial charge in [-0.25, -0.2) is 14.4 Å². The van der Waals surface area contributed by atoms with E-state index in [-0.39, 0.29) is 43.1 Å². The monoisotopic (exact) mass is 433 g/mol. The average molecular weight is 433 g/mol. The lowest BCUT2D eigenvalue weighted by molar-refractivity contribution is -1.04. The van der Waals surface area contributed by atoms with Gasteiger partial charge in [-0.3, -0.25) is 0 Å². The zero-order valence-corrected chi connectivity index (χ0v) is 18.0. The molecule has 0 aromatic carbocycles. The van der Waals surface area contributed by atoms with Gasteiger partial charge >= 0.3 is 17.8 Å². The predicted octanol–water partition coefficient (Wildman–Crippen LogP) is 2.20. The molecule has 0 aromatic heterocycles. The molecule has 0 saturated carbocycles. The van der Waals surface area contributed by atoms with Crippen LogP contribution in [0.2, 0.25) is 0 Å². The predicted molar refractivity (Wildman–Crippen MR) is 112 cm³/mol. The summed E-state index contributed by atoms with van der Waals surface area (Å²) < 4.78 is 10.2. The molecule has 0 heterocycles. The number of fused-ring (bicyclic) bond motifs is 1. The highest BCUT2D eigenvalue weighted by molar-refractivity contribution is 6.15. The molecule has 1 unspecified atom stereocenters. The molecule has 0 radical (unpaired) electrons. The van der Waals surface area contributed by atoms with Gasteiger partial charge in [0.1, 0.15) is 6.61 Å². The SMILES string of the molecule is CCOC(=O)c1c2ccc(CC(=O)[N+]([O-])(NC)OCC)ccc-2c(C(=O)OCC)c1N. The molecule has 10 nitrogen and oxygen atoms in total. The Labute approximate surface area is 180 Å². The van der Waals surface area contributed by atoms with Gasteiger partial charge in [0.05, 0.1) is 36.4 Å². The smallest absolute Gasteiger partial charge is 0.370 e. The Morgan fingerprint density at radius 2 is 1.42 bits per heavy atom. The summed E-state index contributed by atoms with van der Waals surface area (Å²) in [5.41, 5.74) is 9.70. The van der Waals surface area contributed by atoms with Gasteiger partial charge in [0, 0.05) is 7.05 Å². The van der Waals surface area contributed by atoms with Gasteiger partial charge in [0.2, 0.25) is 0 Å². The van der Waals surface area contributed by atoms with Crippen molar-refractivity contribution in [1.29, 1.82) is 0 Å². The highest BCUT2D eigenvalue weighted by Crippen LogP contribution is 2.39. The van der Waals surface area contributed by atoms with Crippen molar-refractivity contribution in [2.75, 3.05) is 32.6 Å². The quantitative estimate of drug-likeness (QED) is 0.346. The lowest BCUT2D eigenvalue weighted by Gasteiger charge is -2.33. The summed E-state index contributed by atoms with van der Waals surface area (Å²) >= 11 is 0. The van der Waals surface area contributed by atoms with E-state index in [0.717, 1.165) is 0 Å². The Hall–Kier alpha value is -3.05. The van der Waals surface area contributed by atoms with E-state index in [9.17, 15) is 19.6 Å². The van der Waals surface area contributed by atoms with E-state index in [1.54, 1.807) is 45.0 Å². The van der Waals surface area contributed by atoms with Gasteiger partial charge in [-0.15, -0.1) is 5.43 Å². The maximum atomic E-state index is 12.5. The van der Waals surface area contributed by atoms with Crippen molar-refractivity contribution in [3.8, 4) is 11.1 Å². The minimum absolute atomic E-state index is 0.0301. The number of nitrogens with zero attached hydrogens (tertiary/aromatic N) is 1. The summed E-state index contributed by atoms with van der Waals surface area (Å²) in [6.45, 7) is 5.21. The number of rotatable bonds is 9. The number of anilines is 1. The lowest BCUT2D eigenvalue weighted by Crippen LogP contribution is -2.56. The Bertz CT molecular complexity index is 891. The van der Waals surface area contributed by atoms with E-state index in [1.165, 1.54) is 7.05 Å². The number of nitrogen functional groups attached to an aromatic ring is 1. The van der Waals surface area contributed by atoms with Crippen molar-refractivity contribution < 1.29 is 33.6 Å². The first-order valence-corrected chi connectivity index (χ1v) is 9.89. The van der Waals surface area contributed by atoms with Crippen molar-refractivity contribution in [2.24, 2.45) is 0 Å². The van der Waals surface area contributed by atoms with Crippen molar-refractivity contribution in [3.05, 3.63) is 46.2 Å². The largest absolute Gasteiger partial charge is 0.570 e. The number of nitrogens with one attached hydrogen (secondary N) is 1. The van der Waals surface area contributed by atoms with Crippen LogP contribution in [-0.2, 0) is 25.5 Å². The molecule has 2 aliphatic rings. The molecule has 31 heavy (non-hydrogen) atoms. The van der Waals surface area contributed by atoms with Crippen LogP contribution in [0.25, 0.3) is 11.1 Å². The van der Waals surface area contributed by atoms with Crippen LogP contribution in [0.15, 0.2) is 24.3 Å². The molecule has 2 aliphatic carbocycles. The second kappa shape index (κ2) is 10.3. The number of quaternary nitrogens is 1. The van der Waals surface area contributed by atoms with Crippen molar-refractivity contribution in [2.45, 2.75) is 27.2 Å².